The first kappa shape index (κ1) is 32.0. The minimum atomic E-state index is -2.93. The Morgan fingerprint density at radius 3 is 2.52 bits per heavy atom. The zero-order valence-corrected chi connectivity index (χ0v) is 27.3. The van der Waals surface area contributed by atoms with E-state index >= 15 is 8.78 Å². The standard InChI is InChI=1S/C33H41B2F2N5S2/c1-31(34)9-2-3-10-32(35,43)42-11-7-25(8-12-42)33(36,37)26-6-4-5-23(17-26)21-38-30-28-19-27(41-13-15-44-16-14-41)18-24(20-31)29(28)39-22-40-30/h4-6,17-19,22,25,43H,2-3,7-16,20-21H2,1H3,(H,38,39,40). The Morgan fingerprint density at radius 1 is 1.00 bits per heavy atom. The predicted octanol–water partition coefficient (Wildman–Crippen LogP) is 6.81. The summed E-state index contributed by atoms with van der Waals surface area (Å²) in [5.41, 5.74) is 3.97. The fourth-order valence-electron chi connectivity index (χ4n) is 7.04. The van der Waals surface area contributed by atoms with Crippen molar-refractivity contribution in [1.29, 1.82) is 0 Å². The normalized spacial score (nSPS) is 30.0. The van der Waals surface area contributed by atoms with Crippen LogP contribution < -0.4 is 10.2 Å². The third-order valence-corrected chi connectivity index (χ3v) is 11.1. The molecule has 7 rings (SSSR count). The van der Waals surface area contributed by atoms with Crippen LogP contribution in [0.15, 0.2) is 42.7 Å². The van der Waals surface area contributed by atoms with E-state index in [2.05, 4.69) is 39.2 Å². The number of anilines is 2. The molecule has 3 aromatic rings. The van der Waals surface area contributed by atoms with E-state index in [0.717, 1.165) is 71.6 Å². The minimum Gasteiger partial charge on any atom is -0.370 e. The molecule has 2 aromatic carbocycles. The third-order valence-electron chi connectivity index (χ3n) is 9.64. The Bertz CT molecular complexity index is 1460. The maximum atomic E-state index is 15.9. The van der Waals surface area contributed by atoms with Crippen LogP contribution in [-0.2, 0) is 18.9 Å². The van der Waals surface area contributed by atoms with Crippen molar-refractivity contribution in [3.63, 3.8) is 0 Å². The molecule has 0 spiro atoms. The molecule has 4 radical (unpaired) electrons. The summed E-state index contributed by atoms with van der Waals surface area (Å²) in [5, 5.41) is 3.94. The number of halogens is 2. The molecule has 0 amide bonds. The van der Waals surface area contributed by atoms with E-state index in [4.69, 9.17) is 33.3 Å². The number of hydrogen-bond acceptors (Lipinski definition) is 7. The molecule has 5 heterocycles. The van der Waals surface area contributed by atoms with E-state index in [9.17, 15) is 0 Å². The zero-order chi connectivity index (χ0) is 31.0. The van der Waals surface area contributed by atoms with Crippen LogP contribution in [0.1, 0.15) is 62.1 Å². The van der Waals surface area contributed by atoms with Crippen molar-refractivity contribution >= 4 is 62.5 Å². The number of benzene rings is 2. The van der Waals surface area contributed by atoms with E-state index in [1.165, 1.54) is 0 Å². The van der Waals surface area contributed by atoms with E-state index in [-0.39, 0.29) is 5.56 Å². The summed E-state index contributed by atoms with van der Waals surface area (Å²) in [4.78, 5) is 13.9. The Hall–Kier alpha value is -1.97. The molecule has 4 aliphatic heterocycles. The highest BCUT2D eigenvalue weighted by molar-refractivity contribution is 7.99. The molecule has 4 aliphatic rings. The molecule has 11 heteroatoms. The van der Waals surface area contributed by atoms with Gasteiger partial charge in [0.15, 0.2) is 0 Å². The summed E-state index contributed by atoms with van der Waals surface area (Å²) in [6, 6.07) is 11.2. The number of fused-ring (bicyclic) bond motifs is 9. The average Bonchev–Trinajstić information content (AvgIpc) is 3.02. The minimum absolute atomic E-state index is 0.0633. The predicted molar refractivity (Wildman–Crippen MR) is 185 cm³/mol. The maximum Gasteiger partial charge on any atom is 0.276 e. The van der Waals surface area contributed by atoms with Gasteiger partial charge in [-0.25, -0.2) is 18.7 Å². The highest BCUT2D eigenvalue weighted by atomic mass is 32.2. The molecule has 2 saturated heterocycles. The summed E-state index contributed by atoms with van der Waals surface area (Å²) < 4.78 is 30.9. The first-order chi connectivity index (χ1) is 21.0. The maximum absolute atomic E-state index is 15.9. The summed E-state index contributed by atoms with van der Waals surface area (Å²) in [6.45, 7) is 5.47. The van der Waals surface area contributed by atoms with E-state index in [0.29, 0.717) is 51.1 Å². The molecule has 230 valence electrons. The second kappa shape index (κ2) is 13.0. The lowest BCUT2D eigenvalue weighted by atomic mass is 9.63. The molecule has 8 bridgehead atoms. The summed E-state index contributed by atoms with van der Waals surface area (Å²) >= 11 is 6.80. The molecule has 0 saturated carbocycles. The van der Waals surface area contributed by atoms with Crippen LogP contribution in [0.25, 0.3) is 10.9 Å². The molecular formula is C33H41B2F2N5S2. The summed E-state index contributed by atoms with van der Waals surface area (Å²) in [6.07, 6.45) is 6.27. The number of nitrogens with one attached hydrogen (secondary N) is 1. The molecule has 5 nitrogen and oxygen atoms in total. The van der Waals surface area contributed by atoms with Gasteiger partial charge in [-0.3, -0.25) is 4.90 Å². The number of alkyl halides is 2. The van der Waals surface area contributed by atoms with Gasteiger partial charge >= 0.3 is 0 Å². The summed E-state index contributed by atoms with van der Waals surface area (Å²) in [7, 11) is 13.6. The van der Waals surface area contributed by atoms with Crippen LogP contribution in [0.5, 0.6) is 0 Å². The number of hydrogen-bond donors (Lipinski definition) is 2. The van der Waals surface area contributed by atoms with E-state index in [1.54, 1.807) is 24.5 Å². The number of piperidine rings is 1. The summed E-state index contributed by atoms with van der Waals surface area (Å²) in [5.74, 6) is -0.796. The van der Waals surface area contributed by atoms with Crippen LogP contribution in [0.4, 0.5) is 20.3 Å². The van der Waals surface area contributed by atoms with Gasteiger partial charge in [-0.2, -0.15) is 24.4 Å². The van der Waals surface area contributed by atoms with Crippen molar-refractivity contribution in [3.05, 3.63) is 59.4 Å². The lowest BCUT2D eigenvalue weighted by molar-refractivity contribution is -0.0875. The second-order valence-electron chi connectivity index (χ2n) is 13.2. The van der Waals surface area contributed by atoms with Gasteiger partial charge in [-0.15, -0.1) is 0 Å². The van der Waals surface area contributed by atoms with Crippen LogP contribution in [0, 0.1) is 5.92 Å². The Kier molecular flexibility index (Phi) is 9.47. The van der Waals surface area contributed by atoms with Crippen molar-refractivity contribution in [2.75, 3.05) is 47.9 Å². The van der Waals surface area contributed by atoms with Gasteiger partial charge in [0.1, 0.15) is 20.0 Å². The van der Waals surface area contributed by atoms with Gasteiger partial charge in [0.2, 0.25) is 0 Å². The van der Waals surface area contributed by atoms with Gasteiger partial charge in [0, 0.05) is 58.5 Å². The topological polar surface area (TPSA) is 44.3 Å². The molecule has 2 unspecified atom stereocenters. The Labute approximate surface area is 273 Å². The lowest BCUT2D eigenvalue weighted by Gasteiger charge is -2.44. The number of aromatic nitrogens is 2. The molecule has 2 atom stereocenters. The number of thiol groups is 1. The largest absolute Gasteiger partial charge is 0.370 e. The fourth-order valence-corrected chi connectivity index (χ4v) is 8.30. The Balaban J connectivity index is 1.38. The van der Waals surface area contributed by atoms with Gasteiger partial charge in [-0.05, 0) is 68.1 Å². The van der Waals surface area contributed by atoms with Crippen LogP contribution >= 0.6 is 24.4 Å². The van der Waals surface area contributed by atoms with Crippen LogP contribution in [0.3, 0.4) is 0 Å². The average molecular weight is 631 g/mol. The van der Waals surface area contributed by atoms with Crippen molar-refractivity contribution in [2.45, 2.75) is 74.4 Å². The van der Waals surface area contributed by atoms with Gasteiger partial charge < -0.3 is 10.2 Å². The monoisotopic (exact) mass is 631 g/mol. The third kappa shape index (κ3) is 7.05. The van der Waals surface area contributed by atoms with Crippen molar-refractivity contribution in [3.8, 4) is 0 Å². The smallest absolute Gasteiger partial charge is 0.276 e. The molecule has 1 aromatic heterocycles. The second-order valence-corrected chi connectivity index (χ2v) is 15.2. The van der Waals surface area contributed by atoms with Crippen molar-refractivity contribution in [2.24, 2.45) is 5.92 Å². The highest BCUT2D eigenvalue weighted by Gasteiger charge is 2.44. The molecule has 44 heavy (non-hydrogen) atoms. The SMILES string of the molecule is [B]C1(C)CCCCC([B])(S)N2CCC(CC2)C(F)(F)c2cccc(c2)CNc2ncnc3c(cc(N4CCSCC4)cc23)C1. The molecule has 2 fully saturated rings. The van der Waals surface area contributed by atoms with Gasteiger partial charge in [0.05, 0.1) is 13.4 Å². The van der Waals surface area contributed by atoms with Crippen molar-refractivity contribution < 1.29 is 8.78 Å². The zero-order valence-electron chi connectivity index (χ0n) is 25.6. The van der Waals surface area contributed by atoms with Gasteiger partial charge in [-0.1, -0.05) is 49.7 Å². The highest BCUT2D eigenvalue weighted by Crippen LogP contribution is 2.44. The first-order valence-corrected chi connectivity index (χ1v) is 17.5. The van der Waals surface area contributed by atoms with Gasteiger partial charge in [0.25, 0.3) is 5.92 Å². The fraction of sp³-hybridized carbons (Fsp3) is 0.576. The van der Waals surface area contributed by atoms with Crippen LogP contribution in [-0.4, -0.2) is 73.0 Å². The van der Waals surface area contributed by atoms with E-state index in [1.807, 2.05) is 17.8 Å². The van der Waals surface area contributed by atoms with Crippen molar-refractivity contribution in [1.82, 2.24) is 14.9 Å². The molecule has 0 aliphatic carbocycles. The Morgan fingerprint density at radius 2 is 1.75 bits per heavy atom. The first-order valence-electron chi connectivity index (χ1n) is 15.9. The molecular weight excluding hydrogens is 590 g/mol. The van der Waals surface area contributed by atoms with E-state index < -0.39 is 21.9 Å². The number of nitrogens with zero attached hydrogens (tertiary/aromatic N) is 4. The van der Waals surface area contributed by atoms with Crippen LogP contribution in [0.2, 0.25) is 5.31 Å². The quantitative estimate of drug-likeness (QED) is 0.227. The lowest BCUT2D eigenvalue weighted by Crippen LogP contribution is -2.50. The molecule has 1 N–H and O–H groups in total. The number of thioether (sulfide) groups is 1. The number of rotatable bonds is 1.